The first-order valence-corrected chi connectivity index (χ1v) is 8.60. The summed E-state index contributed by atoms with van der Waals surface area (Å²) in [5.74, 6) is -1.52. The molecule has 32 heavy (non-hydrogen) atoms. The van der Waals surface area contributed by atoms with E-state index in [1.165, 1.54) is 24.4 Å². The number of benzene rings is 2. The van der Waals surface area contributed by atoms with E-state index in [9.17, 15) is 30.7 Å². The minimum Gasteiger partial charge on any atom is -0.406 e. The molecule has 0 bridgehead atoms. The van der Waals surface area contributed by atoms with E-state index in [0.717, 1.165) is 24.5 Å². The summed E-state index contributed by atoms with van der Waals surface area (Å²) >= 11 is 0. The molecule has 1 aromatic heterocycles. The topological polar surface area (TPSA) is 71.4 Å². The molecule has 13 heteroatoms. The van der Waals surface area contributed by atoms with Gasteiger partial charge in [0.15, 0.2) is 5.82 Å². The standard InChI is InChI=1S/C19H12F7N5O/c20-15-6-3-12(7-14(15)18(21,22)23)30-16-8-17(28-10-27-16)31-29-9-11-1-4-13(5-2-11)32-19(24,25)26/h1-10H,(H2,27,28,30,31)/b29-9+. The predicted molar refractivity (Wildman–Crippen MR) is 101 cm³/mol. The second-order valence-electron chi connectivity index (χ2n) is 6.09. The van der Waals surface area contributed by atoms with Gasteiger partial charge >= 0.3 is 12.5 Å². The zero-order valence-corrected chi connectivity index (χ0v) is 15.7. The smallest absolute Gasteiger partial charge is 0.406 e. The predicted octanol–water partition coefficient (Wildman–Crippen LogP) is 5.72. The average Bonchev–Trinajstić information content (AvgIpc) is 2.69. The van der Waals surface area contributed by atoms with Gasteiger partial charge in [-0.3, -0.25) is 5.43 Å². The summed E-state index contributed by atoms with van der Waals surface area (Å²) in [6.07, 6.45) is -7.25. The molecular weight excluding hydrogens is 447 g/mol. The third-order valence-corrected chi connectivity index (χ3v) is 3.72. The lowest BCUT2D eigenvalue weighted by molar-refractivity contribution is -0.274. The maximum absolute atomic E-state index is 13.4. The molecule has 168 valence electrons. The SMILES string of the molecule is Fc1ccc(Nc2cc(N/N=C/c3ccc(OC(F)(F)F)cc3)ncn2)cc1C(F)(F)F. The van der Waals surface area contributed by atoms with E-state index in [0.29, 0.717) is 17.7 Å². The highest BCUT2D eigenvalue weighted by molar-refractivity contribution is 5.80. The second-order valence-corrected chi connectivity index (χ2v) is 6.09. The molecule has 0 aliphatic rings. The van der Waals surface area contributed by atoms with Gasteiger partial charge in [0.05, 0.1) is 11.8 Å². The van der Waals surface area contributed by atoms with Gasteiger partial charge in [-0.2, -0.15) is 18.3 Å². The molecule has 6 nitrogen and oxygen atoms in total. The zero-order chi connectivity index (χ0) is 23.4. The van der Waals surface area contributed by atoms with E-state index in [2.05, 4.69) is 30.5 Å². The van der Waals surface area contributed by atoms with E-state index in [-0.39, 0.29) is 23.1 Å². The van der Waals surface area contributed by atoms with Gasteiger partial charge in [-0.05, 0) is 48.0 Å². The molecule has 0 unspecified atom stereocenters. The van der Waals surface area contributed by atoms with Crippen molar-refractivity contribution in [2.75, 3.05) is 10.7 Å². The van der Waals surface area contributed by atoms with Crippen molar-refractivity contribution in [3.63, 3.8) is 0 Å². The van der Waals surface area contributed by atoms with Crippen LogP contribution in [0.15, 0.2) is 60.0 Å². The summed E-state index contributed by atoms with van der Waals surface area (Å²) < 4.78 is 92.1. The number of nitrogens with zero attached hydrogens (tertiary/aromatic N) is 3. The number of rotatable bonds is 6. The van der Waals surface area contributed by atoms with Crippen LogP contribution in [-0.4, -0.2) is 22.5 Å². The van der Waals surface area contributed by atoms with Crippen LogP contribution in [0.5, 0.6) is 5.75 Å². The van der Waals surface area contributed by atoms with Crippen molar-refractivity contribution in [3.8, 4) is 5.75 Å². The largest absolute Gasteiger partial charge is 0.573 e. The van der Waals surface area contributed by atoms with E-state index in [1.807, 2.05) is 0 Å². The van der Waals surface area contributed by atoms with Gasteiger partial charge in [-0.25, -0.2) is 14.4 Å². The number of ether oxygens (including phenoxy) is 1. The van der Waals surface area contributed by atoms with Gasteiger partial charge < -0.3 is 10.1 Å². The summed E-state index contributed by atoms with van der Waals surface area (Å²) in [7, 11) is 0. The maximum Gasteiger partial charge on any atom is 0.573 e. The van der Waals surface area contributed by atoms with Crippen molar-refractivity contribution in [2.24, 2.45) is 5.10 Å². The molecule has 0 spiro atoms. The van der Waals surface area contributed by atoms with E-state index >= 15 is 0 Å². The number of hydrogen-bond donors (Lipinski definition) is 2. The van der Waals surface area contributed by atoms with E-state index in [4.69, 9.17) is 0 Å². The van der Waals surface area contributed by atoms with Crippen molar-refractivity contribution in [1.29, 1.82) is 0 Å². The average molecular weight is 459 g/mol. The highest BCUT2D eigenvalue weighted by Gasteiger charge is 2.34. The molecule has 0 amide bonds. The quantitative estimate of drug-likeness (QED) is 0.280. The summed E-state index contributed by atoms with van der Waals surface area (Å²) in [6.45, 7) is 0. The molecule has 1 heterocycles. The fraction of sp³-hybridized carbons (Fsp3) is 0.105. The first kappa shape index (κ1) is 22.8. The highest BCUT2D eigenvalue weighted by atomic mass is 19.4. The number of hydrogen-bond acceptors (Lipinski definition) is 6. The summed E-state index contributed by atoms with van der Waals surface area (Å²) in [5.41, 5.74) is 1.52. The van der Waals surface area contributed by atoms with Crippen LogP contribution in [0.2, 0.25) is 0 Å². The molecule has 0 aliphatic carbocycles. The lowest BCUT2D eigenvalue weighted by atomic mass is 10.2. The number of alkyl halides is 6. The van der Waals surface area contributed by atoms with Gasteiger partial charge in [-0.1, -0.05) is 0 Å². The molecule has 0 saturated carbocycles. The van der Waals surface area contributed by atoms with Crippen LogP contribution in [0, 0.1) is 5.82 Å². The Morgan fingerprint density at radius 3 is 2.22 bits per heavy atom. The van der Waals surface area contributed by atoms with Gasteiger partial charge in [0.1, 0.15) is 23.7 Å². The molecule has 2 N–H and O–H groups in total. The minimum atomic E-state index is -4.86. The first-order valence-electron chi connectivity index (χ1n) is 8.60. The van der Waals surface area contributed by atoms with Crippen LogP contribution in [0.3, 0.4) is 0 Å². The van der Waals surface area contributed by atoms with Crippen molar-refractivity contribution in [1.82, 2.24) is 9.97 Å². The van der Waals surface area contributed by atoms with Crippen LogP contribution in [0.4, 0.5) is 48.1 Å². The third-order valence-electron chi connectivity index (χ3n) is 3.72. The van der Waals surface area contributed by atoms with Gasteiger partial charge in [0, 0.05) is 11.8 Å². The highest BCUT2D eigenvalue weighted by Crippen LogP contribution is 2.33. The molecule has 0 atom stereocenters. The van der Waals surface area contributed by atoms with Crippen LogP contribution >= 0.6 is 0 Å². The molecular formula is C19H12F7N5O. The van der Waals surface area contributed by atoms with Crippen LogP contribution < -0.4 is 15.5 Å². The summed E-state index contributed by atoms with van der Waals surface area (Å²) in [6, 6.07) is 8.63. The Bertz CT molecular complexity index is 1100. The maximum atomic E-state index is 13.4. The van der Waals surface area contributed by atoms with Crippen molar-refractivity contribution < 1.29 is 35.5 Å². The van der Waals surface area contributed by atoms with Gasteiger partial charge in [0.25, 0.3) is 0 Å². The monoisotopic (exact) mass is 459 g/mol. The summed E-state index contributed by atoms with van der Waals surface area (Å²) in [4.78, 5) is 7.74. The normalized spacial score (nSPS) is 12.1. The fourth-order valence-electron chi connectivity index (χ4n) is 2.38. The zero-order valence-electron chi connectivity index (χ0n) is 15.7. The molecule has 0 saturated heterocycles. The molecule has 3 rings (SSSR count). The summed E-state index contributed by atoms with van der Waals surface area (Å²) in [5, 5.41) is 6.47. The first-order chi connectivity index (χ1) is 15.0. The molecule has 0 fully saturated rings. The van der Waals surface area contributed by atoms with Crippen LogP contribution in [0.1, 0.15) is 11.1 Å². The number of hydrazone groups is 1. The van der Waals surface area contributed by atoms with Crippen LogP contribution in [-0.2, 0) is 6.18 Å². The van der Waals surface area contributed by atoms with Crippen molar-refractivity contribution in [3.05, 3.63) is 71.8 Å². The Hall–Kier alpha value is -3.90. The number of aromatic nitrogens is 2. The van der Waals surface area contributed by atoms with Gasteiger partial charge in [-0.15, -0.1) is 13.2 Å². The van der Waals surface area contributed by atoms with Crippen LogP contribution in [0.25, 0.3) is 0 Å². The Balaban J connectivity index is 1.64. The van der Waals surface area contributed by atoms with Gasteiger partial charge in [0.2, 0.25) is 0 Å². The number of nitrogens with one attached hydrogen (secondary N) is 2. The fourth-order valence-corrected chi connectivity index (χ4v) is 2.38. The molecule has 2 aromatic carbocycles. The Labute approximate surface area is 175 Å². The Morgan fingerprint density at radius 1 is 0.875 bits per heavy atom. The lowest BCUT2D eigenvalue weighted by Crippen LogP contribution is -2.17. The Morgan fingerprint density at radius 2 is 1.56 bits per heavy atom. The second kappa shape index (κ2) is 9.08. The third kappa shape index (κ3) is 6.55. The number of anilines is 3. The molecule has 0 radical (unpaired) electrons. The van der Waals surface area contributed by atoms with E-state index in [1.54, 1.807) is 0 Å². The molecule has 0 aliphatic heterocycles. The Kier molecular flexibility index (Phi) is 6.46. The van der Waals surface area contributed by atoms with Crippen molar-refractivity contribution in [2.45, 2.75) is 12.5 Å². The van der Waals surface area contributed by atoms with E-state index < -0.39 is 23.9 Å². The lowest BCUT2D eigenvalue weighted by Gasteiger charge is -2.11. The number of halogens is 7. The minimum absolute atomic E-state index is 0.0481. The molecule has 3 aromatic rings. The van der Waals surface area contributed by atoms with Crippen molar-refractivity contribution >= 4 is 23.5 Å².